The number of carbonyl (C=O) groups is 1. The summed E-state index contributed by atoms with van der Waals surface area (Å²) in [5, 5.41) is 1.23. The predicted octanol–water partition coefficient (Wildman–Crippen LogP) is 4.40. The zero-order valence-corrected chi connectivity index (χ0v) is 19.6. The average Bonchev–Trinajstić information content (AvgIpc) is 3.12. The second-order valence-electron chi connectivity index (χ2n) is 7.82. The number of carbonyl (C=O) groups excluding carboxylic acids is 1. The van der Waals surface area contributed by atoms with E-state index in [0.717, 1.165) is 27.3 Å². The molecule has 1 atom stereocenters. The Kier molecular flexibility index (Phi) is 6.50. The molecule has 0 saturated heterocycles. The van der Waals surface area contributed by atoms with E-state index in [4.69, 9.17) is 14.5 Å². The maximum absolute atomic E-state index is 13.7. The molecule has 0 fully saturated rings. The third-order valence-corrected chi connectivity index (χ3v) is 7.67. The molecule has 0 aliphatic carbocycles. The Labute approximate surface area is 189 Å². The van der Waals surface area contributed by atoms with Gasteiger partial charge in [0.05, 0.1) is 36.5 Å². The Morgan fingerprint density at radius 1 is 1.32 bits per heavy atom. The first-order valence-electron chi connectivity index (χ1n) is 10.5. The summed E-state index contributed by atoms with van der Waals surface area (Å²) in [5.41, 5.74) is 1.75. The lowest BCUT2D eigenvalue weighted by atomic mass is 9.90. The number of nitrogens with zero attached hydrogens (tertiary/aromatic N) is 2. The van der Waals surface area contributed by atoms with Gasteiger partial charge in [0.25, 0.3) is 5.56 Å². The molecular formula is C23H26N2O4S2. The number of thioether (sulfide) groups is 1. The van der Waals surface area contributed by atoms with Gasteiger partial charge < -0.3 is 9.47 Å². The second kappa shape index (κ2) is 9.14. The lowest BCUT2D eigenvalue weighted by Crippen LogP contribution is -2.34. The van der Waals surface area contributed by atoms with Crippen LogP contribution in [0.1, 0.15) is 43.2 Å². The minimum Gasteiger partial charge on any atom is -0.465 e. The van der Waals surface area contributed by atoms with Crippen LogP contribution in [0.3, 0.4) is 0 Å². The first-order valence-corrected chi connectivity index (χ1v) is 12.3. The molecule has 0 bridgehead atoms. The van der Waals surface area contributed by atoms with E-state index in [1.54, 1.807) is 11.5 Å². The van der Waals surface area contributed by atoms with Crippen molar-refractivity contribution in [2.75, 3.05) is 12.4 Å². The van der Waals surface area contributed by atoms with E-state index in [9.17, 15) is 9.59 Å². The van der Waals surface area contributed by atoms with E-state index in [-0.39, 0.29) is 22.9 Å². The number of thiophene rings is 1. The van der Waals surface area contributed by atoms with Crippen LogP contribution in [0.5, 0.6) is 0 Å². The van der Waals surface area contributed by atoms with Crippen molar-refractivity contribution in [3.63, 3.8) is 0 Å². The van der Waals surface area contributed by atoms with E-state index in [1.807, 2.05) is 30.3 Å². The van der Waals surface area contributed by atoms with Gasteiger partial charge in [-0.1, -0.05) is 49.0 Å². The molecule has 4 rings (SSSR count). The molecular weight excluding hydrogens is 432 g/mol. The molecule has 8 heteroatoms. The summed E-state index contributed by atoms with van der Waals surface area (Å²) in [4.78, 5) is 32.3. The van der Waals surface area contributed by atoms with Crippen molar-refractivity contribution < 1.29 is 14.3 Å². The third-order valence-electron chi connectivity index (χ3n) is 5.62. The van der Waals surface area contributed by atoms with Gasteiger partial charge in [-0.25, -0.2) is 4.98 Å². The fraction of sp³-hybridized carbons (Fsp3) is 0.435. The van der Waals surface area contributed by atoms with Gasteiger partial charge in [-0.3, -0.25) is 14.2 Å². The number of hydrogen-bond donors (Lipinski definition) is 0. The average molecular weight is 459 g/mol. The fourth-order valence-electron chi connectivity index (χ4n) is 3.70. The molecule has 6 nitrogen and oxygen atoms in total. The van der Waals surface area contributed by atoms with Crippen molar-refractivity contribution in [2.24, 2.45) is 0 Å². The highest BCUT2D eigenvalue weighted by atomic mass is 32.2. The number of aromatic nitrogens is 2. The zero-order chi connectivity index (χ0) is 22.0. The summed E-state index contributed by atoms with van der Waals surface area (Å²) in [7, 11) is 0. The second-order valence-corrected chi connectivity index (χ2v) is 9.84. The van der Waals surface area contributed by atoms with E-state index < -0.39 is 0 Å². The van der Waals surface area contributed by atoms with Crippen molar-refractivity contribution >= 4 is 39.3 Å². The molecule has 0 unspecified atom stereocenters. The maximum atomic E-state index is 13.7. The van der Waals surface area contributed by atoms with Crippen molar-refractivity contribution in [1.82, 2.24) is 9.55 Å². The number of fused-ring (bicyclic) bond motifs is 3. The van der Waals surface area contributed by atoms with Gasteiger partial charge in [0.1, 0.15) is 4.83 Å². The number of ether oxygens (including phenoxy) is 2. The summed E-state index contributed by atoms with van der Waals surface area (Å²) in [6.45, 7) is 7.22. The molecule has 31 heavy (non-hydrogen) atoms. The Morgan fingerprint density at radius 2 is 2.10 bits per heavy atom. The first kappa shape index (κ1) is 22.0. The molecule has 3 aromatic rings. The van der Waals surface area contributed by atoms with Crippen LogP contribution in [0.4, 0.5) is 0 Å². The lowest BCUT2D eigenvalue weighted by Gasteiger charge is -2.32. The third kappa shape index (κ3) is 4.56. The molecule has 1 aliphatic rings. The quantitative estimate of drug-likeness (QED) is 0.297. The molecule has 0 spiro atoms. The van der Waals surface area contributed by atoms with Gasteiger partial charge in [-0.2, -0.15) is 0 Å². The summed E-state index contributed by atoms with van der Waals surface area (Å²) in [6, 6.07) is 9.83. The van der Waals surface area contributed by atoms with Crippen LogP contribution >= 0.6 is 23.1 Å². The van der Waals surface area contributed by atoms with E-state index in [2.05, 4.69) is 13.8 Å². The Hall–Kier alpha value is -2.16. The maximum Gasteiger partial charge on any atom is 0.316 e. The van der Waals surface area contributed by atoms with Crippen LogP contribution < -0.4 is 5.56 Å². The molecule has 0 radical (unpaired) electrons. The minimum absolute atomic E-state index is 0.0573. The van der Waals surface area contributed by atoms with Crippen LogP contribution in [0.25, 0.3) is 10.2 Å². The number of benzene rings is 1. The number of hydrogen-bond acceptors (Lipinski definition) is 7. The van der Waals surface area contributed by atoms with Crippen LogP contribution in [-0.2, 0) is 33.8 Å². The smallest absolute Gasteiger partial charge is 0.316 e. The minimum atomic E-state index is -0.314. The van der Waals surface area contributed by atoms with E-state index in [1.165, 1.54) is 23.1 Å². The predicted molar refractivity (Wildman–Crippen MR) is 124 cm³/mol. The fourth-order valence-corrected chi connectivity index (χ4v) is 5.64. The Bertz CT molecular complexity index is 1160. The Morgan fingerprint density at radius 3 is 2.81 bits per heavy atom. The van der Waals surface area contributed by atoms with Crippen LogP contribution in [0.2, 0.25) is 0 Å². The standard InChI is InChI=1S/C23H26N2O4S2/c1-4-23(3)11-16-17(13-29-23)31-20-19(16)21(27)25(12-15-9-7-6-8-10-15)22(24-20)30-14-18(26)28-5-2/h6-10H,4-5,11-14H2,1-3H3/t23-/m0/s1. The summed E-state index contributed by atoms with van der Waals surface area (Å²) >= 11 is 2.77. The van der Waals surface area contributed by atoms with Gasteiger partial charge >= 0.3 is 5.97 Å². The highest BCUT2D eigenvalue weighted by Gasteiger charge is 2.33. The topological polar surface area (TPSA) is 70.4 Å². The summed E-state index contributed by atoms with van der Waals surface area (Å²) in [6.07, 6.45) is 1.58. The van der Waals surface area contributed by atoms with Crippen LogP contribution in [0.15, 0.2) is 40.3 Å². The zero-order valence-electron chi connectivity index (χ0n) is 18.0. The normalized spacial score (nSPS) is 18.2. The van der Waals surface area contributed by atoms with Crippen LogP contribution in [0, 0.1) is 0 Å². The van der Waals surface area contributed by atoms with Crippen molar-refractivity contribution in [1.29, 1.82) is 0 Å². The van der Waals surface area contributed by atoms with Crippen molar-refractivity contribution in [2.45, 2.75) is 57.5 Å². The molecule has 0 amide bonds. The van der Waals surface area contributed by atoms with Gasteiger partial charge in [0.2, 0.25) is 0 Å². The largest absolute Gasteiger partial charge is 0.465 e. The SMILES string of the molecule is CCOC(=O)CSc1nc2sc3c(c2c(=O)n1Cc1ccccc1)C[C@](C)(CC)OC3. The monoisotopic (exact) mass is 458 g/mol. The van der Waals surface area contributed by atoms with Gasteiger partial charge in [-0.15, -0.1) is 11.3 Å². The summed E-state index contributed by atoms with van der Waals surface area (Å²) in [5.74, 6) is -0.200. The molecule has 1 aliphatic heterocycles. The summed E-state index contributed by atoms with van der Waals surface area (Å²) < 4.78 is 12.8. The van der Waals surface area contributed by atoms with Gasteiger partial charge in [0, 0.05) is 11.3 Å². The van der Waals surface area contributed by atoms with Crippen LogP contribution in [-0.4, -0.2) is 33.5 Å². The van der Waals surface area contributed by atoms with Gasteiger partial charge in [0.15, 0.2) is 5.16 Å². The molecule has 0 N–H and O–H groups in total. The van der Waals surface area contributed by atoms with E-state index in [0.29, 0.717) is 36.7 Å². The molecule has 2 aromatic heterocycles. The molecule has 1 aromatic carbocycles. The molecule has 0 saturated carbocycles. The molecule has 3 heterocycles. The van der Waals surface area contributed by atoms with Gasteiger partial charge in [-0.05, 0) is 31.4 Å². The number of rotatable bonds is 7. The molecule has 164 valence electrons. The van der Waals surface area contributed by atoms with Crippen molar-refractivity contribution in [3.05, 3.63) is 56.7 Å². The van der Waals surface area contributed by atoms with E-state index >= 15 is 0 Å². The highest BCUT2D eigenvalue weighted by Crippen LogP contribution is 2.38. The highest BCUT2D eigenvalue weighted by molar-refractivity contribution is 7.99. The van der Waals surface area contributed by atoms with Crippen molar-refractivity contribution in [3.8, 4) is 0 Å². The number of esters is 1. The lowest BCUT2D eigenvalue weighted by molar-refractivity contribution is -0.139. The Balaban J connectivity index is 1.81. The first-order chi connectivity index (χ1) is 14.9.